The number of unbranched alkanes of at least 4 members (excludes halogenated alkanes) is 4. The second-order valence-corrected chi connectivity index (χ2v) is 8.93. The maximum absolute atomic E-state index is 12.5. The van der Waals surface area contributed by atoms with Gasteiger partial charge in [0, 0.05) is 18.8 Å². The molecule has 10 nitrogen and oxygen atoms in total. The molecule has 1 rings (SSSR count). The van der Waals surface area contributed by atoms with E-state index in [0.29, 0.717) is 18.4 Å². The van der Waals surface area contributed by atoms with Crippen LogP contribution in [-0.2, 0) is 23.9 Å². The molecular weight excluding hydrogens is 482 g/mol. The highest BCUT2D eigenvalue weighted by Crippen LogP contribution is 2.36. The number of carboxylic acids is 1. The van der Waals surface area contributed by atoms with Gasteiger partial charge in [-0.05, 0) is 43.4 Å². The minimum absolute atomic E-state index is 0.00365. The summed E-state index contributed by atoms with van der Waals surface area (Å²) in [5.74, 6) is -3.50. The second-order valence-electron chi connectivity index (χ2n) is 8.93. The molecule has 0 aliphatic heterocycles. The van der Waals surface area contributed by atoms with E-state index in [1.165, 1.54) is 12.1 Å². The molecule has 10 heteroatoms. The van der Waals surface area contributed by atoms with Crippen molar-refractivity contribution in [2.45, 2.75) is 91.0 Å². The molecule has 1 aromatic carbocycles. The van der Waals surface area contributed by atoms with E-state index in [0.717, 1.165) is 25.7 Å². The summed E-state index contributed by atoms with van der Waals surface area (Å²) in [5, 5.41) is 9.62. The van der Waals surface area contributed by atoms with Crippen LogP contribution in [0.4, 0.5) is 4.79 Å². The van der Waals surface area contributed by atoms with Gasteiger partial charge in [-0.3, -0.25) is 14.4 Å². The Morgan fingerprint density at radius 1 is 0.865 bits per heavy atom. The lowest BCUT2D eigenvalue weighted by atomic mass is 9.82. The van der Waals surface area contributed by atoms with Crippen LogP contribution in [0.5, 0.6) is 11.5 Å². The van der Waals surface area contributed by atoms with Gasteiger partial charge in [0.1, 0.15) is 6.04 Å². The Morgan fingerprint density at radius 3 is 1.95 bits per heavy atom. The van der Waals surface area contributed by atoms with Crippen molar-refractivity contribution in [1.82, 2.24) is 0 Å². The van der Waals surface area contributed by atoms with Crippen LogP contribution in [0.2, 0.25) is 0 Å². The van der Waals surface area contributed by atoms with Crippen molar-refractivity contribution in [2.24, 2.45) is 11.7 Å². The Labute approximate surface area is 218 Å². The first-order chi connectivity index (χ1) is 17.6. The Kier molecular flexibility index (Phi) is 14.9. The molecule has 2 unspecified atom stereocenters. The summed E-state index contributed by atoms with van der Waals surface area (Å²) in [7, 11) is 0. The van der Waals surface area contributed by atoms with E-state index < -0.39 is 41.9 Å². The van der Waals surface area contributed by atoms with Gasteiger partial charge in [-0.25, -0.2) is 4.79 Å². The summed E-state index contributed by atoms with van der Waals surface area (Å²) in [6.07, 6.45) is 4.48. The van der Waals surface area contributed by atoms with Crippen molar-refractivity contribution in [3.63, 3.8) is 0 Å². The molecule has 0 saturated carbocycles. The van der Waals surface area contributed by atoms with Crippen molar-refractivity contribution in [1.29, 1.82) is 0 Å². The summed E-state index contributed by atoms with van der Waals surface area (Å²) in [6, 6.07) is 3.14. The lowest BCUT2D eigenvalue weighted by Crippen LogP contribution is -2.40. The Morgan fingerprint density at radius 2 is 1.43 bits per heavy atom. The van der Waals surface area contributed by atoms with E-state index in [9.17, 15) is 24.3 Å². The molecule has 1 aromatic rings. The summed E-state index contributed by atoms with van der Waals surface area (Å²) in [4.78, 5) is 48.3. The third-order valence-corrected chi connectivity index (χ3v) is 5.78. The highest BCUT2D eigenvalue weighted by atomic mass is 16.7. The number of benzene rings is 1. The number of carbonyl (C=O) groups excluding carboxylic acids is 3. The molecule has 208 valence electrons. The monoisotopic (exact) mass is 523 g/mol. The van der Waals surface area contributed by atoms with Gasteiger partial charge in [0.25, 0.3) is 0 Å². The molecule has 0 heterocycles. The maximum Gasteiger partial charge on any atom is 0.508 e. The molecule has 0 amide bonds. The van der Waals surface area contributed by atoms with Crippen LogP contribution in [-0.4, -0.2) is 48.4 Å². The van der Waals surface area contributed by atoms with Gasteiger partial charge in [0.15, 0.2) is 11.5 Å². The highest BCUT2D eigenvalue weighted by molar-refractivity contribution is 5.77. The van der Waals surface area contributed by atoms with Crippen LogP contribution < -0.4 is 15.2 Å². The van der Waals surface area contributed by atoms with Crippen molar-refractivity contribution < 1.29 is 43.2 Å². The van der Waals surface area contributed by atoms with E-state index in [2.05, 4.69) is 0 Å². The van der Waals surface area contributed by atoms with Crippen molar-refractivity contribution in [2.75, 3.05) is 13.2 Å². The fraction of sp³-hybridized carbons (Fsp3) is 0.630. The lowest BCUT2D eigenvalue weighted by Gasteiger charge is -2.28. The number of carbonyl (C=O) groups is 4. The number of hydrogen-bond donors (Lipinski definition) is 2. The first-order valence-electron chi connectivity index (χ1n) is 13.0. The molecule has 0 aliphatic carbocycles. The zero-order chi connectivity index (χ0) is 27.8. The van der Waals surface area contributed by atoms with Crippen LogP contribution in [0.1, 0.15) is 90.5 Å². The minimum atomic E-state index is -1.35. The molecule has 0 aliphatic rings. The van der Waals surface area contributed by atoms with Crippen molar-refractivity contribution in [3.8, 4) is 11.5 Å². The molecule has 0 fully saturated rings. The number of rotatable bonds is 17. The van der Waals surface area contributed by atoms with E-state index in [-0.39, 0.29) is 37.6 Å². The Bertz CT molecular complexity index is 887. The average Bonchev–Trinajstić information content (AvgIpc) is 2.84. The number of nitrogens with two attached hydrogens (primary N) is 1. The predicted molar refractivity (Wildman–Crippen MR) is 136 cm³/mol. The quantitative estimate of drug-likeness (QED) is 0.163. The topological polar surface area (TPSA) is 151 Å². The van der Waals surface area contributed by atoms with Crippen LogP contribution in [0, 0.1) is 5.92 Å². The van der Waals surface area contributed by atoms with Gasteiger partial charge in [-0.15, -0.1) is 0 Å². The first kappa shape index (κ1) is 31.9. The van der Waals surface area contributed by atoms with Crippen LogP contribution >= 0.6 is 0 Å². The molecule has 3 atom stereocenters. The van der Waals surface area contributed by atoms with E-state index in [1.54, 1.807) is 19.9 Å². The first-order valence-corrected chi connectivity index (χ1v) is 13.0. The number of hydrogen-bond acceptors (Lipinski definition) is 9. The summed E-state index contributed by atoms with van der Waals surface area (Å²) >= 11 is 0. The zero-order valence-electron chi connectivity index (χ0n) is 22.3. The molecule has 0 radical (unpaired) electrons. The standard InChI is InChI=1S/C27H41NO9/c1-5-8-10-12-22(29)36-20-15-14-19(16-21(20)37-23(30)13-11-9-6-2)24(25(28)26(31)32)18(4)17-35-27(33)34-7-3/h14-16,18,24-25H,5-13,17,28H2,1-4H3,(H,31,32)/t18?,24?,25-/m0/s1. The van der Waals surface area contributed by atoms with Crippen LogP contribution in [0.3, 0.4) is 0 Å². The molecule has 0 bridgehead atoms. The fourth-order valence-electron chi connectivity index (χ4n) is 3.79. The van der Waals surface area contributed by atoms with Gasteiger partial charge >= 0.3 is 24.1 Å². The largest absolute Gasteiger partial charge is 0.508 e. The van der Waals surface area contributed by atoms with Gasteiger partial charge in [0.2, 0.25) is 0 Å². The summed E-state index contributed by atoms with van der Waals surface area (Å²) in [6.45, 7) is 7.35. The zero-order valence-corrected chi connectivity index (χ0v) is 22.3. The minimum Gasteiger partial charge on any atom is -0.480 e. The summed E-state index contributed by atoms with van der Waals surface area (Å²) in [5.41, 5.74) is 6.44. The molecule has 3 N–H and O–H groups in total. The van der Waals surface area contributed by atoms with Gasteiger partial charge in [-0.2, -0.15) is 0 Å². The third kappa shape index (κ3) is 11.6. The third-order valence-electron chi connectivity index (χ3n) is 5.78. The highest BCUT2D eigenvalue weighted by Gasteiger charge is 2.33. The van der Waals surface area contributed by atoms with E-state index in [4.69, 9.17) is 24.7 Å². The SMILES string of the molecule is CCCCCC(=O)Oc1ccc(C(C(C)COC(=O)OCC)[C@H](N)C(=O)O)cc1OC(=O)CCCCC. The fourth-order valence-corrected chi connectivity index (χ4v) is 3.79. The van der Waals surface area contributed by atoms with Gasteiger partial charge in [-0.1, -0.05) is 52.5 Å². The molecular formula is C27H41NO9. The molecule has 0 spiro atoms. The van der Waals surface area contributed by atoms with Crippen molar-refractivity contribution in [3.05, 3.63) is 23.8 Å². The predicted octanol–water partition coefficient (Wildman–Crippen LogP) is 4.96. The number of carboxylic acid groups (broad SMARTS) is 1. The molecule has 37 heavy (non-hydrogen) atoms. The summed E-state index contributed by atoms with van der Waals surface area (Å²) < 4.78 is 20.9. The lowest BCUT2D eigenvalue weighted by molar-refractivity contribution is -0.139. The van der Waals surface area contributed by atoms with E-state index >= 15 is 0 Å². The smallest absolute Gasteiger partial charge is 0.480 e. The molecule has 0 aromatic heterocycles. The number of esters is 2. The van der Waals surface area contributed by atoms with Gasteiger partial charge in [0.05, 0.1) is 13.2 Å². The normalized spacial score (nSPS) is 13.2. The maximum atomic E-state index is 12.5. The van der Waals surface area contributed by atoms with Gasteiger partial charge < -0.3 is 29.8 Å². The Hall–Kier alpha value is -3.14. The second kappa shape index (κ2) is 17.3. The number of aliphatic carboxylic acids is 1. The number of ether oxygens (including phenoxy) is 4. The molecule has 0 saturated heterocycles. The van der Waals surface area contributed by atoms with Crippen LogP contribution in [0.25, 0.3) is 0 Å². The van der Waals surface area contributed by atoms with Crippen LogP contribution in [0.15, 0.2) is 18.2 Å². The van der Waals surface area contributed by atoms with E-state index in [1.807, 2.05) is 13.8 Å². The van der Waals surface area contributed by atoms with Crippen molar-refractivity contribution >= 4 is 24.1 Å². The average molecular weight is 524 g/mol. The Balaban J connectivity index is 3.27.